The van der Waals surface area contributed by atoms with Gasteiger partial charge in [-0.2, -0.15) is 0 Å². The highest BCUT2D eigenvalue weighted by Gasteiger charge is 2.28. The number of hydrogen-bond acceptors (Lipinski definition) is 4. The van der Waals surface area contributed by atoms with E-state index >= 15 is 0 Å². The van der Waals surface area contributed by atoms with Gasteiger partial charge in [0.2, 0.25) is 0 Å². The van der Waals surface area contributed by atoms with E-state index in [0.29, 0.717) is 11.1 Å². The summed E-state index contributed by atoms with van der Waals surface area (Å²) < 4.78 is 0. The van der Waals surface area contributed by atoms with Crippen molar-refractivity contribution in [2.45, 2.75) is 38.7 Å². The van der Waals surface area contributed by atoms with Crippen LogP contribution in [0.1, 0.15) is 38.4 Å². The molecule has 0 amide bonds. The molecule has 1 fully saturated rings. The third-order valence-electron chi connectivity index (χ3n) is 3.35. The molecule has 0 aromatic carbocycles. The molecule has 1 N–H and O–H groups in total. The monoisotopic (exact) mass is 269 g/mol. The molecule has 0 aliphatic heterocycles. The number of aromatic nitrogens is 2. The average molecular weight is 270 g/mol. The van der Waals surface area contributed by atoms with Crippen LogP contribution in [0, 0.1) is 5.92 Å². The highest BCUT2D eigenvalue weighted by Crippen LogP contribution is 2.29. The normalized spacial score (nSPS) is 23.0. The van der Waals surface area contributed by atoms with Gasteiger partial charge < -0.3 is 10.0 Å². The second kappa shape index (κ2) is 5.41. The van der Waals surface area contributed by atoms with Gasteiger partial charge in [-0.25, -0.2) is 9.97 Å². The van der Waals surface area contributed by atoms with Gasteiger partial charge in [0, 0.05) is 25.6 Å². The summed E-state index contributed by atoms with van der Waals surface area (Å²) in [4.78, 5) is 10.9. The van der Waals surface area contributed by atoms with Crippen molar-refractivity contribution in [2.75, 3.05) is 18.5 Å². The Hall–Kier alpha value is -0.870. The molecule has 0 bridgehead atoms. The fourth-order valence-corrected chi connectivity index (χ4v) is 2.39. The lowest BCUT2D eigenvalue weighted by Crippen LogP contribution is -2.37. The molecule has 5 heteroatoms. The molecule has 0 saturated heterocycles. The minimum Gasteiger partial charge on any atom is -0.393 e. The van der Waals surface area contributed by atoms with Crippen molar-refractivity contribution in [1.82, 2.24) is 9.97 Å². The van der Waals surface area contributed by atoms with Gasteiger partial charge in [0.15, 0.2) is 0 Å². The van der Waals surface area contributed by atoms with E-state index in [0.717, 1.165) is 31.0 Å². The van der Waals surface area contributed by atoms with Crippen LogP contribution in [0.2, 0.25) is 5.15 Å². The number of rotatable bonds is 4. The average Bonchev–Trinajstić information content (AvgIpc) is 2.26. The summed E-state index contributed by atoms with van der Waals surface area (Å²) in [6.07, 6.45) is 1.67. The smallest absolute Gasteiger partial charge is 0.135 e. The summed E-state index contributed by atoms with van der Waals surface area (Å²) in [6.45, 7) is 5.01. The van der Waals surface area contributed by atoms with Crippen LogP contribution in [0.25, 0.3) is 0 Å². The number of aliphatic hydroxyl groups excluding tert-OH is 1. The summed E-state index contributed by atoms with van der Waals surface area (Å²) in [7, 11) is 2.01. The van der Waals surface area contributed by atoms with Crippen LogP contribution < -0.4 is 4.90 Å². The quantitative estimate of drug-likeness (QED) is 0.853. The number of halogens is 1. The third kappa shape index (κ3) is 3.12. The van der Waals surface area contributed by atoms with E-state index in [9.17, 15) is 5.11 Å². The minimum absolute atomic E-state index is 0.108. The van der Waals surface area contributed by atoms with Gasteiger partial charge >= 0.3 is 0 Å². The summed E-state index contributed by atoms with van der Waals surface area (Å²) in [5.41, 5.74) is 0. The zero-order valence-corrected chi connectivity index (χ0v) is 11.9. The number of nitrogens with zero attached hydrogens (tertiary/aromatic N) is 3. The summed E-state index contributed by atoms with van der Waals surface area (Å²) in [5.74, 6) is 2.46. The second-order valence-corrected chi connectivity index (χ2v) is 5.82. The van der Waals surface area contributed by atoms with Crippen LogP contribution in [0.4, 0.5) is 5.82 Å². The number of hydrogen-bond donors (Lipinski definition) is 1. The molecule has 1 aromatic rings. The first kappa shape index (κ1) is 13.6. The molecule has 1 saturated carbocycles. The molecular weight excluding hydrogens is 250 g/mol. The molecule has 100 valence electrons. The molecule has 4 nitrogen and oxygen atoms in total. The molecule has 0 unspecified atom stereocenters. The van der Waals surface area contributed by atoms with E-state index < -0.39 is 0 Å². The Labute approximate surface area is 113 Å². The van der Waals surface area contributed by atoms with Gasteiger partial charge in [-0.05, 0) is 18.8 Å². The number of anilines is 1. The lowest BCUT2D eigenvalue weighted by molar-refractivity contribution is 0.0464. The van der Waals surface area contributed by atoms with Gasteiger partial charge in [0.25, 0.3) is 0 Å². The van der Waals surface area contributed by atoms with Crippen molar-refractivity contribution < 1.29 is 5.11 Å². The number of aliphatic hydroxyl groups is 1. The Balaban J connectivity index is 2.07. The highest BCUT2D eigenvalue weighted by molar-refractivity contribution is 6.29. The van der Waals surface area contributed by atoms with Crippen LogP contribution in [0.3, 0.4) is 0 Å². The van der Waals surface area contributed by atoms with E-state index in [1.807, 2.05) is 7.05 Å². The van der Waals surface area contributed by atoms with Crippen LogP contribution in [-0.4, -0.2) is 34.8 Å². The van der Waals surface area contributed by atoms with Crippen LogP contribution >= 0.6 is 11.6 Å². The largest absolute Gasteiger partial charge is 0.393 e. The molecule has 1 aliphatic carbocycles. The Bertz CT molecular complexity index is 419. The zero-order chi connectivity index (χ0) is 13.3. The maximum Gasteiger partial charge on any atom is 0.135 e. The molecule has 0 atom stereocenters. The summed E-state index contributed by atoms with van der Waals surface area (Å²) >= 11 is 6.03. The second-order valence-electron chi connectivity index (χ2n) is 5.43. The van der Waals surface area contributed by atoms with Crippen molar-refractivity contribution in [3.8, 4) is 0 Å². The highest BCUT2D eigenvalue weighted by atomic mass is 35.5. The van der Waals surface area contributed by atoms with E-state index in [4.69, 9.17) is 11.6 Å². The van der Waals surface area contributed by atoms with Gasteiger partial charge in [-0.3, -0.25) is 0 Å². The summed E-state index contributed by atoms with van der Waals surface area (Å²) in [5, 5.41) is 9.79. The Morgan fingerprint density at radius 3 is 2.67 bits per heavy atom. The van der Waals surface area contributed by atoms with Crippen LogP contribution in [-0.2, 0) is 0 Å². The lowest BCUT2D eigenvalue weighted by atomic mass is 9.82. The molecule has 0 spiro atoms. The maximum absolute atomic E-state index is 9.30. The standard InChI is InChI=1S/C13H20ClN3O/c1-8(2)13-15-11(14)6-12(16-13)17(3)7-9-4-10(18)5-9/h6,8-10,18H,4-5,7H2,1-3H3. The van der Waals surface area contributed by atoms with Crippen LogP contribution in [0.15, 0.2) is 6.07 Å². The first-order valence-electron chi connectivity index (χ1n) is 6.39. The van der Waals surface area contributed by atoms with Gasteiger partial charge in [0.1, 0.15) is 16.8 Å². The molecule has 1 aromatic heterocycles. The fraction of sp³-hybridized carbons (Fsp3) is 0.692. The van der Waals surface area contributed by atoms with Crippen LogP contribution in [0.5, 0.6) is 0 Å². The third-order valence-corrected chi connectivity index (χ3v) is 3.54. The van der Waals surface area contributed by atoms with Gasteiger partial charge in [-0.1, -0.05) is 25.4 Å². The molecule has 1 heterocycles. The molecule has 2 rings (SSSR count). The van der Waals surface area contributed by atoms with Crippen molar-refractivity contribution in [3.05, 3.63) is 17.0 Å². The minimum atomic E-state index is -0.108. The van der Waals surface area contributed by atoms with Gasteiger partial charge in [0.05, 0.1) is 6.10 Å². The van der Waals surface area contributed by atoms with Crippen molar-refractivity contribution in [1.29, 1.82) is 0 Å². The SMILES string of the molecule is CC(C)c1nc(Cl)cc(N(C)CC2CC(O)C2)n1. The Kier molecular flexibility index (Phi) is 4.07. The van der Waals surface area contributed by atoms with Crippen molar-refractivity contribution >= 4 is 17.4 Å². The predicted octanol–water partition coefficient (Wildman–Crippen LogP) is 2.46. The zero-order valence-electron chi connectivity index (χ0n) is 11.1. The maximum atomic E-state index is 9.30. The van der Waals surface area contributed by atoms with Crippen molar-refractivity contribution in [2.24, 2.45) is 5.92 Å². The molecule has 1 aliphatic rings. The Morgan fingerprint density at radius 2 is 2.11 bits per heavy atom. The van der Waals surface area contributed by atoms with E-state index in [2.05, 4.69) is 28.7 Å². The van der Waals surface area contributed by atoms with E-state index in [1.54, 1.807) is 6.07 Å². The first-order valence-corrected chi connectivity index (χ1v) is 6.77. The summed E-state index contributed by atoms with van der Waals surface area (Å²) in [6, 6.07) is 1.79. The van der Waals surface area contributed by atoms with E-state index in [-0.39, 0.29) is 12.0 Å². The molecule has 0 radical (unpaired) electrons. The molecule has 18 heavy (non-hydrogen) atoms. The topological polar surface area (TPSA) is 49.2 Å². The molecular formula is C13H20ClN3O. The Morgan fingerprint density at radius 1 is 1.44 bits per heavy atom. The van der Waals surface area contributed by atoms with E-state index in [1.165, 1.54) is 0 Å². The fourth-order valence-electron chi connectivity index (χ4n) is 2.21. The first-order chi connectivity index (χ1) is 8.45. The predicted molar refractivity (Wildman–Crippen MR) is 73.1 cm³/mol. The van der Waals surface area contributed by atoms with Crippen molar-refractivity contribution in [3.63, 3.8) is 0 Å². The van der Waals surface area contributed by atoms with Gasteiger partial charge in [-0.15, -0.1) is 0 Å². The lowest BCUT2D eigenvalue weighted by Gasteiger charge is -2.34.